The topological polar surface area (TPSA) is 66.5 Å². The van der Waals surface area contributed by atoms with Gasteiger partial charge in [0.2, 0.25) is 5.91 Å². The minimum atomic E-state index is -3.05. The van der Waals surface area contributed by atoms with Crippen LogP contribution in [-0.2, 0) is 14.6 Å². The van der Waals surface area contributed by atoms with Crippen LogP contribution in [-0.4, -0.2) is 45.0 Å². The van der Waals surface area contributed by atoms with Crippen LogP contribution in [0, 0.1) is 11.7 Å². The first-order chi connectivity index (χ1) is 10.9. The minimum absolute atomic E-state index is 0.0252. The summed E-state index contributed by atoms with van der Waals surface area (Å²) in [7, 11) is -3.05. The summed E-state index contributed by atoms with van der Waals surface area (Å²) < 4.78 is 36.3. The molecule has 7 heteroatoms. The van der Waals surface area contributed by atoms with Crippen LogP contribution >= 0.6 is 0 Å². The summed E-state index contributed by atoms with van der Waals surface area (Å²) in [6.45, 7) is 1.45. The molecule has 2 saturated heterocycles. The zero-order valence-electron chi connectivity index (χ0n) is 12.9. The first kappa shape index (κ1) is 16.2. The van der Waals surface area contributed by atoms with Crippen LogP contribution < -0.4 is 10.2 Å². The second-order valence-corrected chi connectivity index (χ2v) is 8.60. The summed E-state index contributed by atoms with van der Waals surface area (Å²) in [5.41, 5.74) is 0.812. The summed E-state index contributed by atoms with van der Waals surface area (Å²) in [6, 6.07) is 6.41. The Balaban J connectivity index is 1.60. The lowest BCUT2D eigenvalue weighted by Gasteiger charge is -2.35. The van der Waals surface area contributed by atoms with Crippen molar-refractivity contribution < 1.29 is 17.6 Å². The minimum Gasteiger partial charge on any atom is -0.369 e. The number of rotatable bonds is 3. The van der Waals surface area contributed by atoms with Crippen LogP contribution in [0.3, 0.4) is 0 Å². The summed E-state index contributed by atoms with van der Waals surface area (Å²) >= 11 is 0. The molecule has 1 aromatic rings. The first-order valence-corrected chi connectivity index (χ1v) is 9.76. The Bertz CT molecular complexity index is 692. The number of amides is 1. The van der Waals surface area contributed by atoms with E-state index in [1.807, 2.05) is 6.07 Å². The molecule has 0 aromatic heterocycles. The zero-order chi connectivity index (χ0) is 16.4. The van der Waals surface area contributed by atoms with E-state index in [0.29, 0.717) is 13.0 Å². The van der Waals surface area contributed by atoms with Gasteiger partial charge in [0, 0.05) is 24.8 Å². The van der Waals surface area contributed by atoms with Crippen molar-refractivity contribution in [3.8, 4) is 0 Å². The fourth-order valence-electron chi connectivity index (χ4n) is 3.32. The van der Waals surface area contributed by atoms with Gasteiger partial charge in [-0.25, -0.2) is 12.8 Å². The van der Waals surface area contributed by atoms with Crippen LogP contribution in [0.5, 0.6) is 0 Å². The first-order valence-electron chi connectivity index (χ1n) is 7.94. The Morgan fingerprint density at radius 2 is 2.13 bits per heavy atom. The molecule has 0 bridgehead atoms. The summed E-state index contributed by atoms with van der Waals surface area (Å²) in [4.78, 5) is 14.3. The van der Waals surface area contributed by atoms with Crippen molar-refractivity contribution in [3.05, 3.63) is 30.1 Å². The largest absolute Gasteiger partial charge is 0.369 e. The standard InChI is InChI=1S/C16H21FN2O3S/c17-13-3-1-5-15(9-13)19-7-2-4-14(10-19)18-16(20)12-6-8-23(21,22)11-12/h1,3,5,9,12,14H,2,4,6-8,10-11H2,(H,18,20)/t12-,14+/m0/s1. The molecule has 2 fully saturated rings. The van der Waals surface area contributed by atoms with E-state index in [1.165, 1.54) is 12.1 Å². The quantitative estimate of drug-likeness (QED) is 0.902. The molecule has 0 radical (unpaired) electrons. The third-order valence-corrected chi connectivity index (χ3v) is 6.31. The van der Waals surface area contributed by atoms with Crippen molar-refractivity contribution in [2.75, 3.05) is 29.5 Å². The third-order valence-electron chi connectivity index (χ3n) is 4.54. The molecule has 0 aliphatic carbocycles. The van der Waals surface area contributed by atoms with Crippen LogP contribution in [0.4, 0.5) is 10.1 Å². The number of carbonyl (C=O) groups is 1. The fraction of sp³-hybridized carbons (Fsp3) is 0.562. The maximum atomic E-state index is 13.4. The number of hydrogen-bond donors (Lipinski definition) is 1. The Labute approximate surface area is 135 Å². The number of carbonyl (C=O) groups excluding carboxylic acids is 1. The Kier molecular flexibility index (Phi) is 4.57. The van der Waals surface area contributed by atoms with E-state index in [-0.39, 0.29) is 29.3 Å². The average Bonchev–Trinajstić information content (AvgIpc) is 2.88. The molecule has 126 valence electrons. The molecule has 2 aliphatic rings. The second-order valence-electron chi connectivity index (χ2n) is 6.37. The van der Waals surface area contributed by atoms with Gasteiger partial charge in [0.25, 0.3) is 0 Å². The summed E-state index contributed by atoms with van der Waals surface area (Å²) in [5.74, 6) is -0.809. The Morgan fingerprint density at radius 3 is 2.83 bits per heavy atom. The SMILES string of the molecule is O=C(N[C@@H]1CCCN(c2cccc(F)c2)C1)[C@H]1CCS(=O)(=O)C1. The number of anilines is 1. The van der Waals surface area contributed by atoms with Crippen molar-refractivity contribution in [1.82, 2.24) is 5.32 Å². The summed E-state index contributed by atoms with van der Waals surface area (Å²) in [6.07, 6.45) is 2.18. The van der Waals surface area contributed by atoms with Crippen molar-refractivity contribution in [1.29, 1.82) is 0 Å². The summed E-state index contributed by atoms with van der Waals surface area (Å²) in [5, 5.41) is 2.97. The molecule has 1 N–H and O–H groups in total. The van der Waals surface area contributed by atoms with E-state index >= 15 is 0 Å². The number of hydrogen-bond acceptors (Lipinski definition) is 4. The predicted octanol–water partition coefficient (Wildman–Crippen LogP) is 1.35. The second kappa shape index (κ2) is 6.47. The number of sulfone groups is 1. The fourth-order valence-corrected chi connectivity index (χ4v) is 5.06. The van der Waals surface area contributed by atoms with Crippen LogP contribution in [0.25, 0.3) is 0 Å². The number of nitrogens with zero attached hydrogens (tertiary/aromatic N) is 1. The van der Waals surface area contributed by atoms with Gasteiger partial charge in [0.05, 0.1) is 17.4 Å². The number of nitrogens with one attached hydrogen (secondary N) is 1. The number of halogens is 1. The molecule has 23 heavy (non-hydrogen) atoms. The van der Waals surface area contributed by atoms with Gasteiger partial charge in [-0.15, -0.1) is 0 Å². The van der Waals surface area contributed by atoms with Crippen molar-refractivity contribution in [2.24, 2.45) is 5.92 Å². The highest BCUT2D eigenvalue weighted by Crippen LogP contribution is 2.22. The molecule has 0 spiro atoms. The predicted molar refractivity (Wildman–Crippen MR) is 86.5 cm³/mol. The lowest BCUT2D eigenvalue weighted by molar-refractivity contribution is -0.125. The van der Waals surface area contributed by atoms with Gasteiger partial charge in [-0.3, -0.25) is 4.79 Å². The van der Waals surface area contributed by atoms with E-state index in [9.17, 15) is 17.6 Å². The lowest BCUT2D eigenvalue weighted by atomic mass is 10.0. The van der Waals surface area contributed by atoms with Crippen LogP contribution in [0.1, 0.15) is 19.3 Å². The Morgan fingerprint density at radius 1 is 1.30 bits per heavy atom. The van der Waals surface area contributed by atoms with Gasteiger partial charge in [-0.2, -0.15) is 0 Å². The molecule has 5 nitrogen and oxygen atoms in total. The lowest BCUT2D eigenvalue weighted by Crippen LogP contribution is -2.49. The number of piperidine rings is 1. The molecule has 3 rings (SSSR count). The molecule has 0 saturated carbocycles. The maximum absolute atomic E-state index is 13.4. The normalized spacial score (nSPS) is 26.9. The van der Waals surface area contributed by atoms with Crippen LogP contribution in [0.15, 0.2) is 24.3 Å². The molecule has 0 unspecified atom stereocenters. The van der Waals surface area contributed by atoms with Gasteiger partial charge >= 0.3 is 0 Å². The molecule has 2 aliphatic heterocycles. The van der Waals surface area contributed by atoms with Gasteiger partial charge in [-0.05, 0) is 37.5 Å². The van der Waals surface area contributed by atoms with E-state index < -0.39 is 15.8 Å². The number of benzene rings is 1. The molecule has 1 aromatic carbocycles. The molecular weight excluding hydrogens is 319 g/mol. The van der Waals surface area contributed by atoms with E-state index in [2.05, 4.69) is 10.2 Å². The highest BCUT2D eigenvalue weighted by atomic mass is 32.2. The highest BCUT2D eigenvalue weighted by Gasteiger charge is 2.34. The molecular formula is C16H21FN2O3S. The van der Waals surface area contributed by atoms with Crippen molar-refractivity contribution in [3.63, 3.8) is 0 Å². The molecule has 1 amide bonds. The van der Waals surface area contributed by atoms with Crippen molar-refractivity contribution in [2.45, 2.75) is 25.3 Å². The highest BCUT2D eigenvalue weighted by molar-refractivity contribution is 7.91. The smallest absolute Gasteiger partial charge is 0.224 e. The maximum Gasteiger partial charge on any atom is 0.224 e. The third kappa shape index (κ3) is 4.02. The Hall–Kier alpha value is -1.63. The van der Waals surface area contributed by atoms with Gasteiger partial charge < -0.3 is 10.2 Å². The van der Waals surface area contributed by atoms with E-state index in [1.54, 1.807) is 6.07 Å². The zero-order valence-corrected chi connectivity index (χ0v) is 13.7. The van der Waals surface area contributed by atoms with Gasteiger partial charge in [0.1, 0.15) is 5.82 Å². The van der Waals surface area contributed by atoms with Gasteiger partial charge in [0.15, 0.2) is 9.84 Å². The average molecular weight is 340 g/mol. The van der Waals surface area contributed by atoms with Crippen molar-refractivity contribution >= 4 is 21.4 Å². The van der Waals surface area contributed by atoms with E-state index in [0.717, 1.165) is 25.1 Å². The monoisotopic (exact) mass is 340 g/mol. The van der Waals surface area contributed by atoms with E-state index in [4.69, 9.17) is 0 Å². The van der Waals surface area contributed by atoms with Crippen LogP contribution in [0.2, 0.25) is 0 Å². The molecule has 2 atom stereocenters. The molecule has 2 heterocycles. The van der Waals surface area contributed by atoms with Gasteiger partial charge in [-0.1, -0.05) is 6.07 Å².